The van der Waals surface area contributed by atoms with Gasteiger partial charge in [0.25, 0.3) is 11.8 Å². The van der Waals surface area contributed by atoms with E-state index in [-0.39, 0.29) is 29.0 Å². The Morgan fingerprint density at radius 3 is 2.41 bits per heavy atom. The highest BCUT2D eigenvalue weighted by Crippen LogP contribution is 2.32. The monoisotopic (exact) mass is 572 g/mol. The minimum absolute atomic E-state index is 0.119. The summed E-state index contributed by atoms with van der Waals surface area (Å²) in [4.78, 5) is 24.5. The van der Waals surface area contributed by atoms with Crippen LogP contribution >= 0.6 is 11.6 Å². The van der Waals surface area contributed by atoms with Gasteiger partial charge in [0, 0.05) is 11.6 Å². The van der Waals surface area contributed by atoms with Gasteiger partial charge in [0.05, 0.1) is 25.3 Å². The standard InChI is InChI=1S/C27H29ClN4O6S/c1-37-25-13-10-22(28)16-24(25)32(39(2,35)36)18-26(33)31-30-17-21-8-11-23(12-9-21)38-19-27(34)29-15-14-20-6-4-3-5-7-20/h3-13,16-17H,14-15,18-19H2,1-2H3,(H,29,34)(H,31,33)/b30-17-. The van der Waals surface area contributed by atoms with Gasteiger partial charge >= 0.3 is 0 Å². The molecule has 0 spiro atoms. The van der Waals surface area contributed by atoms with Crippen LogP contribution in [0.4, 0.5) is 5.69 Å². The molecule has 3 aromatic carbocycles. The lowest BCUT2D eigenvalue weighted by Gasteiger charge is -2.23. The number of rotatable bonds is 13. The second kappa shape index (κ2) is 14.2. The number of halogens is 1. The lowest BCUT2D eigenvalue weighted by atomic mass is 10.1. The summed E-state index contributed by atoms with van der Waals surface area (Å²) >= 11 is 6.01. The van der Waals surface area contributed by atoms with Crippen LogP contribution < -0.4 is 24.5 Å². The van der Waals surface area contributed by atoms with E-state index >= 15 is 0 Å². The van der Waals surface area contributed by atoms with Crippen molar-refractivity contribution >= 4 is 45.3 Å². The molecule has 0 heterocycles. The number of carbonyl (C=O) groups excluding carboxylic acids is 2. The van der Waals surface area contributed by atoms with E-state index in [1.165, 1.54) is 25.5 Å². The van der Waals surface area contributed by atoms with Gasteiger partial charge in [-0.3, -0.25) is 13.9 Å². The average molecular weight is 573 g/mol. The first-order chi connectivity index (χ1) is 18.7. The van der Waals surface area contributed by atoms with Crippen molar-refractivity contribution in [3.63, 3.8) is 0 Å². The van der Waals surface area contributed by atoms with Crippen LogP contribution in [0.2, 0.25) is 5.02 Å². The molecule has 3 rings (SSSR count). The van der Waals surface area contributed by atoms with Crippen LogP contribution in [0.1, 0.15) is 11.1 Å². The van der Waals surface area contributed by atoms with Crippen LogP contribution in [0.3, 0.4) is 0 Å². The number of amides is 2. The number of methoxy groups -OCH3 is 1. The minimum Gasteiger partial charge on any atom is -0.495 e. The van der Waals surface area contributed by atoms with Crippen molar-refractivity contribution < 1.29 is 27.5 Å². The lowest BCUT2D eigenvalue weighted by Crippen LogP contribution is -2.39. The zero-order valence-electron chi connectivity index (χ0n) is 21.5. The fourth-order valence-corrected chi connectivity index (χ4v) is 4.44. The normalized spacial score (nSPS) is 11.2. The summed E-state index contributed by atoms with van der Waals surface area (Å²) in [7, 11) is -2.45. The molecule has 10 nitrogen and oxygen atoms in total. The third-order valence-electron chi connectivity index (χ3n) is 5.33. The predicted octanol–water partition coefficient (Wildman–Crippen LogP) is 3.00. The zero-order chi connectivity index (χ0) is 28.3. The molecule has 0 aliphatic rings. The van der Waals surface area contributed by atoms with Crippen LogP contribution in [0.25, 0.3) is 0 Å². The maximum Gasteiger partial charge on any atom is 0.260 e. The minimum atomic E-state index is -3.83. The Morgan fingerprint density at radius 2 is 1.74 bits per heavy atom. The Hall–Kier alpha value is -4.09. The summed E-state index contributed by atoms with van der Waals surface area (Å²) < 4.78 is 36.3. The van der Waals surface area contributed by atoms with Crippen molar-refractivity contribution in [1.82, 2.24) is 10.7 Å². The summed E-state index contributed by atoms with van der Waals surface area (Å²) in [5, 5.41) is 6.98. The first-order valence-corrected chi connectivity index (χ1v) is 14.0. The van der Waals surface area contributed by atoms with Crippen LogP contribution in [0.15, 0.2) is 77.9 Å². The van der Waals surface area contributed by atoms with Gasteiger partial charge in [-0.15, -0.1) is 0 Å². The fourth-order valence-electron chi connectivity index (χ4n) is 3.42. The molecule has 0 atom stereocenters. The second-order valence-corrected chi connectivity index (χ2v) is 10.7. The highest BCUT2D eigenvalue weighted by atomic mass is 35.5. The number of hydrogen-bond acceptors (Lipinski definition) is 7. The van der Waals surface area contributed by atoms with Crippen molar-refractivity contribution in [1.29, 1.82) is 0 Å². The average Bonchev–Trinajstić information content (AvgIpc) is 2.91. The number of nitrogens with one attached hydrogen (secondary N) is 2. The van der Waals surface area contributed by atoms with Gasteiger partial charge in [-0.25, -0.2) is 13.8 Å². The Kier molecular flexibility index (Phi) is 10.7. The molecule has 0 unspecified atom stereocenters. The van der Waals surface area contributed by atoms with Crippen LogP contribution in [-0.4, -0.2) is 59.5 Å². The molecule has 0 bridgehead atoms. The summed E-state index contributed by atoms with van der Waals surface area (Å²) in [5.74, 6) is -0.156. The quantitative estimate of drug-likeness (QED) is 0.239. The molecular weight excluding hydrogens is 544 g/mol. The number of hydrazone groups is 1. The van der Waals surface area contributed by atoms with E-state index < -0.39 is 22.5 Å². The number of sulfonamides is 1. The summed E-state index contributed by atoms with van der Waals surface area (Å²) in [6.45, 7) is -0.137. The van der Waals surface area contributed by atoms with Crippen LogP contribution in [-0.2, 0) is 26.0 Å². The van der Waals surface area contributed by atoms with Crippen LogP contribution in [0.5, 0.6) is 11.5 Å². The molecule has 0 saturated carbocycles. The number of nitrogens with zero attached hydrogens (tertiary/aromatic N) is 2. The van der Waals surface area contributed by atoms with Gasteiger partial charge < -0.3 is 14.8 Å². The molecule has 39 heavy (non-hydrogen) atoms. The van der Waals surface area contributed by atoms with Crippen molar-refractivity contribution in [2.45, 2.75) is 6.42 Å². The Labute approximate surface area is 232 Å². The molecule has 2 amide bonds. The largest absolute Gasteiger partial charge is 0.495 e. The van der Waals surface area contributed by atoms with Crippen molar-refractivity contribution in [2.75, 3.05) is 37.4 Å². The van der Waals surface area contributed by atoms with Crippen LogP contribution in [0, 0.1) is 0 Å². The highest BCUT2D eigenvalue weighted by molar-refractivity contribution is 7.92. The van der Waals surface area contributed by atoms with Gasteiger partial charge in [-0.2, -0.15) is 5.10 Å². The topological polar surface area (TPSA) is 126 Å². The predicted molar refractivity (Wildman–Crippen MR) is 151 cm³/mol. The fraction of sp³-hybridized carbons (Fsp3) is 0.222. The number of ether oxygens (including phenoxy) is 2. The Bertz CT molecular complexity index is 1400. The van der Waals surface area contributed by atoms with E-state index in [4.69, 9.17) is 21.1 Å². The van der Waals surface area contributed by atoms with E-state index in [2.05, 4.69) is 15.8 Å². The molecule has 0 fully saturated rings. The van der Waals surface area contributed by atoms with Gasteiger partial charge in [0.15, 0.2) is 6.61 Å². The van der Waals surface area contributed by atoms with E-state index in [1.807, 2.05) is 30.3 Å². The van der Waals surface area contributed by atoms with Gasteiger partial charge in [-0.05, 0) is 60.0 Å². The van der Waals surface area contributed by atoms with E-state index in [9.17, 15) is 18.0 Å². The summed E-state index contributed by atoms with van der Waals surface area (Å²) in [6, 6.07) is 21.0. The van der Waals surface area contributed by atoms with Gasteiger partial charge in [0.1, 0.15) is 18.0 Å². The smallest absolute Gasteiger partial charge is 0.260 e. The zero-order valence-corrected chi connectivity index (χ0v) is 23.0. The third kappa shape index (κ3) is 9.62. The van der Waals surface area contributed by atoms with Crippen molar-refractivity contribution in [3.8, 4) is 11.5 Å². The van der Waals surface area contributed by atoms with E-state index in [1.54, 1.807) is 30.3 Å². The number of benzene rings is 3. The maximum absolute atomic E-state index is 12.4. The van der Waals surface area contributed by atoms with E-state index in [0.717, 1.165) is 22.5 Å². The molecule has 0 aromatic heterocycles. The number of carbonyl (C=O) groups is 2. The van der Waals surface area contributed by atoms with Crippen molar-refractivity contribution in [2.24, 2.45) is 5.10 Å². The third-order valence-corrected chi connectivity index (χ3v) is 6.69. The Balaban J connectivity index is 1.47. The lowest BCUT2D eigenvalue weighted by molar-refractivity contribution is -0.123. The Morgan fingerprint density at radius 1 is 1.03 bits per heavy atom. The number of hydrogen-bond donors (Lipinski definition) is 2. The molecule has 0 saturated heterocycles. The molecule has 0 aliphatic heterocycles. The molecule has 206 valence electrons. The maximum atomic E-state index is 12.4. The second-order valence-electron chi connectivity index (χ2n) is 8.32. The highest BCUT2D eigenvalue weighted by Gasteiger charge is 2.24. The first kappa shape index (κ1) is 29.5. The molecule has 3 aromatic rings. The molecule has 12 heteroatoms. The summed E-state index contributed by atoms with van der Waals surface area (Å²) in [5.41, 5.74) is 4.22. The molecule has 0 aliphatic carbocycles. The van der Waals surface area contributed by atoms with Gasteiger partial charge in [0.2, 0.25) is 10.0 Å². The molecule has 2 N–H and O–H groups in total. The van der Waals surface area contributed by atoms with E-state index in [0.29, 0.717) is 17.9 Å². The van der Waals surface area contributed by atoms with Gasteiger partial charge in [-0.1, -0.05) is 41.9 Å². The first-order valence-electron chi connectivity index (χ1n) is 11.8. The van der Waals surface area contributed by atoms with Crippen molar-refractivity contribution in [3.05, 3.63) is 88.9 Å². The summed E-state index contributed by atoms with van der Waals surface area (Å²) in [6.07, 6.45) is 3.10. The number of anilines is 1. The molecular formula is C27H29ClN4O6S. The molecule has 0 radical (unpaired) electrons. The SMILES string of the molecule is COc1ccc(Cl)cc1N(CC(=O)N/N=C\c1ccc(OCC(=O)NCCc2ccccc2)cc1)S(C)(=O)=O.